The van der Waals surface area contributed by atoms with Gasteiger partial charge in [0, 0.05) is 25.7 Å². The first-order valence-electron chi connectivity index (χ1n) is 4.16. The lowest BCUT2D eigenvalue weighted by atomic mass is 10.0. The lowest BCUT2D eigenvalue weighted by Gasteiger charge is -2.09. The maximum atomic E-state index is 4.20. The van der Waals surface area contributed by atoms with Crippen molar-refractivity contribution in [1.82, 2.24) is 5.01 Å². The highest BCUT2D eigenvalue weighted by atomic mass is 15.4. The third-order valence-electron chi connectivity index (χ3n) is 2.13. The minimum atomic E-state index is 0.483. The van der Waals surface area contributed by atoms with Crippen molar-refractivity contribution in [1.29, 1.82) is 0 Å². The number of hydrogen-bond acceptors (Lipinski definition) is 2. The molecule has 0 radical (unpaired) electrons. The van der Waals surface area contributed by atoms with Crippen molar-refractivity contribution in [3.63, 3.8) is 0 Å². The average Bonchev–Trinajstić information content (AvgIpc) is 2.54. The predicted molar refractivity (Wildman–Crippen MR) is 50.3 cm³/mol. The van der Waals surface area contributed by atoms with Crippen LogP contribution in [0.5, 0.6) is 0 Å². The molecule has 1 unspecified atom stereocenters. The van der Waals surface area contributed by atoms with Gasteiger partial charge in [-0.3, -0.25) is 5.01 Å². The van der Waals surface area contributed by atoms with Crippen molar-refractivity contribution in [2.75, 3.05) is 13.6 Å². The van der Waals surface area contributed by atoms with Crippen LogP contribution in [0.3, 0.4) is 0 Å². The van der Waals surface area contributed by atoms with Gasteiger partial charge in [-0.2, -0.15) is 5.10 Å². The molecule has 0 fully saturated rings. The van der Waals surface area contributed by atoms with E-state index in [1.807, 2.05) is 24.3 Å². The second kappa shape index (κ2) is 2.97. The Hall–Kier alpha value is -1.31. The van der Waals surface area contributed by atoms with Crippen LogP contribution >= 0.6 is 0 Å². The van der Waals surface area contributed by atoms with Gasteiger partial charge in [-0.1, -0.05) is 30.3 Å². The highest BCUT2D eigenvalue weighted by Gasteiger charge is 2.15. The number of hydrogen-bond donors (Lipinski definition) is 0. The molecule has 1 heterocycles. The lowest BCUT2D eigenvalue weighted by molar-refractivity contribution is 0.381. The van der Waals surface area contributed by atoms with Gasteiger partial charge in [0.1, 0.15) is 0 Å². The quantitative estimate of drug-likeness (QED) is 0.610. The fourth-order valence-electron chi connectivity index (χ4n) is 1.46. The Morgan fingerprint density at radius 3 is 2.67 bits per heavy atom. The SMILES string of the molecule is CN1CC(c2ccccc2)C=N1. The van der Waals surface area contributed by atoms with Crippen LogP contribution in [0, 0.1) is 0 Å². The number of rotatable bonds is 1. The molecule has 1 aliphatic rings. The molecule has 0 spiro atoms. The number of likely N-dealkylation sites (N-methyl/N-ethyl adjacent to an activating group) is 1. The first-order chi connectivity index (χ1) is 5.86. The van der Waals surface area contributed by atoms with Gasteiger partial charge in [-0.05, 0) is 5.56 Å². The smallest absolute Gasteiger partial charge is 0.0476 e. The van der Waals surface area contributed by atoms with E-state index in [1.54, 1.807) is 0 Å². The van der Waals surface area contributed by atoms with E-state index in [4.69, 9.17) is 0 Å². The molecule has 0 bridgehead atoms. The van der Waals surface area contributed by atoms with Crippen molar-refractivity contribution >= 4 is 6.21 Å². The molecular weight excluding hydrogens is 148 g/mol. The standard InChI is InChI=1S/C10H12N2/c1-12-8-10(7-11-12)9-5-3-2-4-6-9/h2-7,10H,8H2,1H3. The van der Waals surface area contributed by atoms with E-state index in [2.05, 4.69) is 29.4 Å². The van der Waals surface area contributed by atoms with E-state index in [0.717, 1.165) is 6.54 Å². The summed E-state index contributed by atoms with van der Waals surface area (Å²) in [7, 11) is 2.00. The fraction of sp³-hybridized carbons (Fsp3) is 0.300. The summed E-state index contributed by atoms with van der Waals surface area (Å²) in [4.78, 5) is 0. The summed E-state index contributed by atoms with van der Waals surface area (Å²) in [5.74, 6) is 0.483. The topological polar surface area (TPSA) is 15.6 Å². The highest BCUT2D eigenvalue weighted by Crippen LogP contribution is 2.18. The molecule has 1 atom stereocenters. The number of nitrogens with zero attached hydrogens (tertiary/aromatic N) is 2. The van der Waals surface area contributed by atoms with E-state index in [-0.39, 0.29) is 0 Å². The van der Waals surface area contributed by atoms with Crippen molar-refractivity contribution in [3.05, 3.63) is 35.9 Å². The Bertz CT molecular complexity index is 279. The van der Waals surface area contributed by atoms with Gasteiger partial charge in [0.2, 0.25) is 0 Å². The van der Waals surface area contributed by atoms with Crippen LogP contribution in [0.1, 0.15) is 11.5 Å². The monoisotopic (exact) mass is 160 g/mol. The molecule has 2 rings (SSSR count). The summed E-state index contributed by atoms with van der Waals surface area (Å²) >= 11 is 0. The van der Waals surface area contributed by atoms with E-state index in [1.165, 1.54) is 5.56 Å². The van der Waals surface area contributed by atoms with Gasteiger partial charge in [-0.25, -0.2) is 0 Å². The second-order valence-electron chi connectivity index (χ2n) is 3.12. The first kappa shape index (κ1) is 7.35. The second-order valence-corrected chi connectivity index (χ2v) is 3.12. The molecule has 0 saturated carbocycles. The summed E-state index contributed by atoms with van der Waals surface area (Å²) in [6.45, 7) is 1.00. The molecule has 0 aliphatic carbocycles. The molecule has 1 aromatic rings. The van der Waals surface area contributed by atoms with E-state index in [9.17, 15) is 0 Å². The molecule has 2 heteroatoms. The van der Waals surface area contributed by atoms with Gasteiger partial charge in [0.05, 0.1) is 0 Å². The summed E-state index contributed by atoms with van der Waals surface area (Å²) in [6, 6.07) is 10.5. The van der Waals surface area contributed by atoms with Crippen LogP contribution in [-0.2, 0) is 0 Å². The van der Waals surface area contributed by atoms with Gasteiger partial charge >= 0.3 is 0 Å². The van der Waals surface area contributed by atoms with Crippen LogP contribution in [0.25, 0.3) is 0 Å². The molecule has 2 nitrogen and oxygen atoms in total. The van der Waals surface area contributed by atoms with Crippen LogP contribution in [0.2, 0.25) is 0 Å². The van der Waals surface area contributed by atoms with Crippen LogP contribution in [-0.4, -0.2) is 24.8 Å². The summed E-state index contributed by atoms with van der Waals surface area (Å²) in [5.41, 5.74) is 1.35. The Morgan fingerprint density at radius 2 is 2.08 bits per heavy atom. The van der Waals surface area contributed by atoms with Gasteiger partial charge < -0.3 is 0 Å². The molecule has 1 aromatic carbocycles. The maximum Gasteiger partial charge on any atom is 0.0476 e. The van der Waals surface area contributed by atoms with E-state index < -0.39 is 0 Å². The Kier molecular flexibility index (Phi) is 1.82. The van der Waals surface area contributed by atoms with E-state index >= 15 is 0 Å². The van der Waals surface area contributed by atoms with Crippen molar-refractivity contribution in [2.45, 2.75) is 5.92 Å². The largest absolute Gasteiger partial charge is 0.299 e. The highest BCUT2D eigenvalue weighted by molar-refractivity contribution is 5.69. The molecule has 0 aromatic heterocycles. The zero-order chi connectivity index (χ0) is 8.39. The molecule has 0 saturated heterocycles. The van der Waals surface area contributed by atoms with Crippen molar-refractivity contribution in [2.24, 2.45) is 5.10 Å². The molecule has 12 heavy (non-hydrogen) atoms. The normalized spacial score (nSPS) is 21.8. The van der Waals surface area contributed by atoms with Gasteiger partial charge in [0.15, 0.2) is 0 Å². The molecule has 0 N–H and O–H groups in total. The van der Waals surface area contributed by atoms with Gasteiger partial charge in [0.25, 0.3) is 0 Å². The summed E-state index contributed by atoms with van der Waals surface area (Å²) < 4.78 is 0. The zero-order valence-electron chi connectivity index (χ0n) is 7.14. The Morgan fingerprint density at radius 1 is 1.33 bits per heavy atom. The molecule has 0 amide bonds. The number of hydrazone groups is 1. The predicted octanol–water partition coefficient (Wildman–Crippen LogP) is 1.70. The molecule has 62 valence electrons. The Labute approximate surface area is 72.5 Å². The van der Waals surface area contributed by atoms with Crippen molar-refractivity contribution in [3.8, 4) is 0 Å². The van der Waals surface area contributed by atoms with Crippen LogP contribution < -0.4 is 0 Å². The maximum absolute atomic E-state index is 4.20. The first-order valence-corrected chi connectivity index (χ1v) is 4.16. The molecule has 1 aliphatic heterocycles. The van der Waals surface area contributed by atoms with Crippen LogP contribution in [0.15, 0.2) is 35.4 Å². The van der Waals surface area contributed by atoms with Crippen LogP contribution in [0.4, 0.5) is 0 Å². The van der Waals surface area contributed by atoms with Gasteiger partial charge in [-0.15, -0.1) is 0 Å². The lowest BCUT2D eigenvalue weighted by Crippen LogP contribution is -2.11. The summed E-state index contributed by atoms with van der Waals surface area (Å²) in [5, 5.41) is 6.17. The third-order valence-corrected chi connectivity index (χ3v) is 2.13. The van der Waals surface area contributed by atoms with Crippen molar-refractivity contribution < 1.29 is 0 Å². The summed E-state index contributed by atoms with van der Waals surface area (Å²) in [6.07, 6.45) is 2.01. The average molecular weight is 160 g/mol. The Balaban J connectivity index is 2.18. The van der Waals surface area contributed by atoms with E-state index in [0.29, 0.717) is 5.92 Å². The minimum Gasteiger partial charge on any atom is -0.299 e. The molecular formula is C10H12N2. The zero-order valence-corrected chi connectivity index (χ0v) is 7.14. The minimum absolute atomic E-state index is 0.483. The fourth-order valence-corrected chi connectivity index (χ4v) is 1.46. The number of benzene rings is 1. The third kappa shape index (κ3) is 1.33.